The van der Waals surface area contributed by atoms with E-state index in [1.807, 2.05) is 13.8 Å². The number of carboxylic acids is 1. The Morgan fingerprint density at radius 1 is 1.25 bits per heavy atom. The first-order valence-corrected chi connectivity index (χ1v) is 5.20. The first-order valence-electron chi connectivity index (χ1n) is 5.20. The second kappa shape index (κ2) is 4.79. The minimum atomic E-state index is -1.03. The van der Waals surface area contributed by atoms with Crippen LogP contribution in [0.15, 0.2) is 12.1 Å². The lowest BCUT2D eigenvalue weighted by Gasteiger charge is -2.12. The van der Waals surface area contributed by atoms with Crippen LogP contribution in [0.5, 0.6) is 0 Å². The molecular formula is C12H15NO3. The predicted molar refractivity (Wildman–Crippen MR) is 60.7 cm³/mol. The Morgan fingerprint density at radius 3 is 2.25 bits per heavy atom. The summed E-state index contributed by atoms with van der Waals surface area (Å²) in [5.41, 5.74) is 7.16. The zero-order valence-electron chi connectivity index (χ0n) is 9.41. The fourth-order valence-corrected chi connectivity index (χ4v) is 1.87. The van der Waals surface area contributed by atoms with Crippen LogP contribution < -0.4 is 5.73 Å². The van der Waals surface area contributed by atoms with Crippen molar-refractivity contribution >= 4 is 11.9 Å². The number of hydrogen-bond donors (Lipinski definition) is 2. The number of aryl methyl sites for hydroxylation is 1. The monoisotopic (exact) mass is 221 g/mol. The number of carbonyl (C=O) groups excluding carboxylic acids is 1. The Labute approximate surface area is 94.1 Å². The van der Waals surface area contributed by atoms with Gasteiger partial charge in [-0.25, -0.2) is 4.79 Å². The van der Waals surface area contributed by atoms with Crippen molar-refractivity contribution in [3.63, 3.8) is 0 Å². The number of carbonyl (C=O) groups is 2. The summed E-state index contributed by atoms with van der Waals surface area (Å²) in [6, 6.07) is 3.19. The fourth-order valence-electron chi connectivity index (χ4n) is 1.87. The fraction of sp³-hybridized carbons (Fsp3) is 0.333. The minimum absolute atomic E-state index is 0.161. The van der Waals surface area contributed by atoms with Crippen LogP contribution in [-0.4, -0.2) is 17.0 Å². The highest BCUT2D eigenvalue weighted by Crippen LogP contribution is 2.20. The number of hydrogen-bond acceptors (Lipinski definition) is 2. The normalized spacial score (nSPS) is 10.1. The minimum Gasteiger partial charge on any atom is -0.478 e. The molecule has 4 heteroatoms. The van der Waals surface area contributed by atoms with Crippen molar-refractivity contribution in [2.45, 2.75) is 26.7 Å². The summed E-state index contributed by atoms with van der Waals surface area (Å²) in [5, 5.41) is 9.01. The number of benzene rings is 1. The number of aromatic carboxylic acids is 1. The molecule has 0 fully saturated rings. The van der Waals surface area contributed by atoms with Crippen LogP contribution in [0.25, 0.3) is 0 Å². The summed E-state index contributed by atoms with van der Waals surface area (Å²) >= 11 is 0. The molecule has 0 aromatic heterocycles. The first kappa shape index (κ1) is 12.2. The quantitative estimate of drug-likeness (QED) is 0.810. The van der Waals surface area contributed by atoms with Crippen LogP contribution in [0.3, 0.4) is 0 Å². The summed E-state index contributed by atoms with van der Waals surface area (Å²) in [5.74, 6) is -1.58. The maximum absolute atomic E-state index is 11.4. The Hall–Kier alpha value is -1.84. The molecule has 0 saturated carbocycles. The van der Waals surface area contributed by atoms with Crippen LogP contribution in [0, 0.1) is 0 Å². The van der Waals surface area contributed by atoms with Gasteiger partial charge in [-0.05, 0) is 30.0 Å². The number of nitrogens with two attached hydrogens (primary N) is 1. The number of carboxylic acid groups (broad SMARTS) is 1. The predicted octanol–water partition coefficient (Wildman–Crippen LogP) is 1.61. The first-order chi connectivity index (χ1) is 7.52. The second-order valence-corrected chi connectivity index (χ2v) is 3.50. The zero-order chi connectivity index (χ0) is 12.3. The van der Waals surface area contributed by atoms with E-state index in [0.717, 1.165) is 5.56 Å². The zero-order valence-corrected chi connectivity index (χ0v) is 9.41. The molecule has 3 N–H and O–H groups in total. The molecule has 1 aromatic carbocycles. The molecule has 1 rings (SSSR count). The average molecular weight is 221 g/mol. The van der Waals surface area contributed by atoms with E-state index in [1.54, 1.807) is 6.07 Å². The molecule has 0 spiro atoms. The van der Waals surface area contributed by atoms with E-state index in [2.05, 4.69) is 0 Å². The lowest BCUT2D eigenvalue weighted by atomic mass is 9.92. The Kier molecular flexibility index (Phi) is 3.66. The Morgan fingerprint density at radius 2 is 1.88 bits per heavy atom. The van der Waals surface area contributed by atoms with Gasteiger partial charge in [-0.3, -0.25) is 4.79 Å². The van der Waals surface area contributed by atoms with Gasteiger partial charge in [-0.1, -0.05) is 19.9 Å². The molecule has 1 amide bonds. The van der Waals surface area contributed by atoms with E-state index >= 15 is 0 Å². The molecule has 16 heavy (non-hydrogen) atoms. The van der Waals surface area contributed by atoms with Gasteiger partial charge in [0.05, 0.1) is 5.56 Å². The molecule has 1 aromatic rings. The molecule has 0 aliphatic carbocycles. The SMILES string of the molecule is CCc1ccc(C(=O)O)c(CC)c1C(N)=O. The summed E-state index contributed by atoms with van der Waals surface area (Å²) < 4.78 is 0. The molecule has 4 nitrogen and oxygen atoms in total. The molecule has 0 aliphatic heterocycles. The standard InChI is InChI=1S/C12H15NO3/c1-3-7-5-6-9(12(15)16)8(4-2)10(7)11(13)14/h5-6H,3-4H2,1-2H3,(H2,13,14)(H,15,16). The summed E-state index contributed by atoms with van der Waals surface area (Å²) in [4.78, 5) is 22.4. The van der Waals surface area contributed by atoms with Gasteiger partial charge in [0.15, 0.2) is 0 Å². The Bertz CT molecular complexity index is 438. The van der Waals surface area contributed by atoms with Crippen molar-refractivity contribution in [1.82, 2.24) is 0 Å². The molecule has 0 atom stereocenters. The average Bonchev–Trinajstić information content (AvgIpc) is 2.26. The van der Waals surface area contributed by atoms with Crippen LogP contribution >= 0.6 is 0 Å². The topological polar surface area (TPSA) is 80.4 Å². The van der Waals surface area contributed by atoms with Gasteiger partial charge in [0.25, 0.3) is 0 Å². The summed E-state index contributed by atoms with van der Waals surface area (Å²) in [7, 11) is 0. The third-order valence-corrected chi connectivity index (χ3v) is 2.61. The van der Waals surface area contributed by atoms with Crippen LogP contribution in [-0.2, 0) is 12.8 Å². The van der Waals surface area contributed by atoms with Crippen molar-refractivity contribution in [1.29, 1.82) is 0 Å². The Balaban J connectivity index is 3.56. The smallest absolute Gasteiger partial charge is 0.335 e. The van der Waals surface area contributed by atoms with E-state index in [9.17, 15) is 9.59 Å². The van der Waals surface area contributed by atoms with E-state index in [4.69, 9.17) is 10.8 Å². The van der Waals surface area contributed by atoms with Crippen molar-refractivity contribution in [2.24, 2.45) is 5.73 Å². The van der Waals surface area contributed by atoms with Gasteiger partial charge in [0.1, 0.15) is 0 Å². The third-order valence-electron chi connectivity index (χ3n) is 2.61. The van der Waals surface area contributed by atoms with Crippen molar-refractivity contribution in [3.8, 4) is 0 Å². The van der Waals surface area contributed by atoms with E-state index in [0.29, 0.717) is 24.0 Å². The van der Waals surface area contributed by atoms with Gasteiger partial charge in [0, 0.05) is 5.56 Å². The van der Waals surface area contributed by atoms with Crippen molar-refractivity contribution < 1.29 is 14.7 Å². The molecule has 0 saturated heterocycles. The lowest BCUT2D eigenvalue weighted by molar-refractivity contribution is 0.0695. The van der Waals surface area contributed by atoms with E-state index in [1.165, 1.54) is 6.07 Å². The van der Waals surface area contributed by atoms with Crippen LogP contribution in [0.2, 0.25) is 0 Å². The lowest BCUT2D eigenvalue weighted by Crippen LogP contribution is -2.19. The number of primary amides is 1. The number of rotatable bonds is 4. The van der Waals surface area contributed by atoms with E-state index < -0.39 is 11.9 Å². The molecule has 0 radical (unpaired) electrons. The van der Waals surface area contributed by atoms with Crippen molar-refractivity contribution in [3.05, 3.63) is 34.4 Å². The highest BCUT2D eigenvalue weighted by Gasteiger charge is 2.18. The highest BCUT2D eigenvalue weighted by molar-refractivity contribution is 6.00. The van der Waals surface area contributed by atoms with Gasteiger partial charge in [-0.2, -0.15) is 0 Å². The van der Waals surface area contributed by atoms with Gasteiger partial charge in [0.2, 0.25) is 5.91 Å². The molecule has 0 bridgehead atoms. The third kappa shape index (κ3) is 2.05. The van der Waals surface area contributed by atoms with Crippen molar-refractivity contribution in [2.75, 3.05) is 0 Å². The maximum Gasteiger partial charge on any atom is 0.335 e. The molecule has 86 valence electrons. The highest BCUT2D eigenvalue weighted by atomic mass is 16.4. The molecule has 0 aliphatic rings. The van der Waals surface area contributed by atoms with Crippen LogP contribution in [0.4, 0.5) is 0 Å². The molecular weight excluding hydrogens is 206 g/mol. The van der Waals surface area contributed by atoms with Gasteiger partial charge >= 0.3 is 5.97 Å². The van der Waals surface area contributed by atoms with E-state index in [-0.39, 0.29) is 5.56 Å². The number of amides is 1. The largest absolute Gasteiger partial charge is 0.478 e. The molecule has 0 unspecified atom stereocenters. The summed E-state index contributed by atoms with van der Waals surface area (Å²) in [6.45, 7) is 3.72. The van der Waals surface area contributed by atoms with Gasteiger partial charge < -0.3 is 10.8 Å². The summed E-state index contributed by atoms with van der Waals surface area (Å²) in [6.07, 6.45) is 1.14. The molecule has 0 heterocycles. The maximum atomic E-state index is 11.4. The van der Waals surface area contributed by atoms with Crippen LogP contribution in [0.1, 0.15) is 45.7 Å². The second-order valence-electron chi connectivity index (χ2n) is 3.50. The van der Waals surface area contributed by atoms with Gasteiger partial charge in [-0.15, -0.1) is 0 Å².